The van der Waals surface area contributed by atoms with Crippen LogP contribution in [0.1, 0.15) is 12.8 Å². The highest BCUT2D eigenvalue weighted by Gasteiger charge is 2.31. The van der Waals surface area contributed by atoms with Gasteiger partial charge in [0.1, 0.15) is 5.75 Å². The summed E-state index contributed by atoms with van der Waals surface area (Å²) < 4.78 is 65.8. The third kappa shape index (κ3) is 6.88. The molecule has 0 spiro atoms. The van der Waals surface area contributed by atoms with Crippen molar-refractivity contribution in [2.24, 2.45) is 0 Å². The van der Waals surface area contributed by atoms with Crippen LogP contribution in [-0.4, -0.2) is 45.7 Å². The molecule has 26 heavy (non-hydrogen) atoms. The first-order chi connectivity index (χ1) is 12.0. The molecule has 2 rings (SSSR count). The fourth-order valence-corrected chi connectivity index (χ4v) is 2.79. The molecule has 1 saturated carbocycles. The van der Waals surface area contributed by atoms with E-state index in [0.717, 1.165) is 37.1 Å². The number of alkyl halides is 3. The molecule has 1 fully saturated rings. The van der Waals surface area contributed by atoms with E-state index in [1.54, 1.807) is 0 Å². The van der Waals surface area contributed by atoms with E-state index in [4.69, 9.17) is 0 Å². The summed E-state index contributed by atoms with van der Waals surface area (Å²) in [7, 11) is -4.11. The van der Waals surface area contributed by atoms with Gasteiger partial charge in [-0.15, -0.1) is 13.2 Å². The van der Waals surface area contributed by atoms with Gasteiger partial charge in [0.2, 0.25) is 21.8 Å². The molecule has 1 aromatic rings. The second-order valence-corrected chi connectivity index (χ2v) is 7.23. The molecule has 12 heteroatoms. The molecule has 0 saturated heterocycles. The maximum Gasteiger partial charge on any atom is 0.573 e. The molecular weight excluding hydrogens is 379 g/mol. The molecular formula is C14H16F3N3O5S. The molecule has 1 aliphatic rings. The van der Waals surface area contributed by atoms with Crippen molar-refractivity contribution < 1.29 is 35.9 Å². The second-order valence-electron chi connectivity index (χ2n) is 5.46. The minimum absolute atomic E-state index is 0.141. The van der Waals surface area contributed by atoms with Crippen LogP contribution in [0, 0.1) is 0 Å². The molecule has 0 radical (unpaired) electrons. The highest BCUT2D eigenvalue weighted by molar-refractivity contribution is 7.89. The van der Waals surface area contributed by atoms with E-state index in [0.29, 0.717) is 0 Å². The Morgan fingerprint density at radius 1 is 1.08 bits per heavy atom. The van der Waals surface area contributed by atoms with Gasteiger partial charge in [0, 0.05) is 6.04 Å². The van der Waals surface area contributed by atoms with Gasteiger partial charge in [-0.2, -0.15) is 0 Å². The highest BCUT2D eigenvalue weighted by Crippen LogP contribution is 2.23. The van der Waals surface area contributed by atoms with Crippen LogP contribution in [0.25, 0.3) is 0 Å². The maximum atomic E-state index is 12.1. The Morgan fingerprint density at radius 3 is 2.23 bits per heavy atom. The molecule has 8 nitrogen and oxygen atoms in total. The SMILES string of the molecule is O=C(CNS(=O)(=O)c1ccc(OC(F)(F)F)cc1)NCC(=O)NC1CC1. The van der Waals surface area contributed by atoms with Crippen molar-refractivity contribution in [2.45, 2.75) is 30.1 Å². The summed E-state index contributed by atoms with van der Waals surface area (Å²) >= 11 is 0. The topological polar surface area (TPSA) is 114 Å². The normalized spacial score (nSPS) is 14.6. The number of carbonyl (C=O) groups excluding carboxylic acids is 2. The molecule has 3 N–H and O–H groups in total. The Balaban J connectivity index is 1.81. The van der Waals surface area contributed by atoms with Crippen molar-refractivity contribution in [3.8, 4) is 5.75 Å². The monoisotopic (exact) mass is 395 g/mol. The van der Waals surface area contributed by atoms with E-state index in [9.17, 15) is 31.2 Å². The Labute approximate surface area is 147 Å². The van der Waals surface area contributed by atoms with Crippen LogP contribution >= 0.6 is 0 Å². The lowest BCUT2D eigenvalue weighted by molar-refractivity contribution is -0.274. The number of hydrogen-bond donors (Lipinski definition) is 3. The molecule has 0 unspecified atom stereocenters. The van der Waals surface area contributed by atoms with Gasteiger partial charge in [0.15, 0.2) is 0 Å². The third-order valence-corrected chi connectivity index (χ3v) is 4.60. The number of amides is 2. The average Bonchev–Trinajstić information content (AvgIpc) is 3.34. The van der Waals surface area contributed by atoms with Gasteiger partial charge in [-0.05, 0) is 37.1 Å². The zero-order valence-corrected chi connectivity index (χ0v) is 14.1. The zero-order chi connectivity index (χ0) is 19.4. The molecule has 0 heterocycles. The van der Waals surface area contributed by atoms with Gasteiger partial charge in [0.25, 0.3) is 0 Å². The Morgan fingerprint density at radius 2 is 1.69 bits per heavy atom. The van der Waals surface area contributed by atoms with Crippen LogP contribution in [0.2, 0.25) is 0 Å². The summed E-state index contributed by atoms with van der Waals surface area (Å²) in [6.45, 7) is -0.902. The van der Waals surface area contributed by atoms with Gasteiger partial charge in [-0.25, -0.2) is 13.1 Å². The Hall–Kier alpha value is -2.34. The highest BCUT2D eigenvalue weighted by atomic mass is 32.2. The van der Waals surface area contributed by atoms with Gasteiger partial charge < -0.3 is 15.4 Å². The molecule has 0 aromatic heterocycles. The lowest BCUT2D eigenvalue weighted by Crippen LogP contribution is -2.42. The molecule has 0 bridgehead atoms. The minimum Gasteiger partial charge on any atom is -0.406 e. The molecule has 1 aromatic carbocycles. The number of benzene rings is 1. The zero-order valence-electron chi connectivity index (χ0n) is 13.3. The number of hydrogen-bond acceptors (Lipinski definition) is 5. The average molecular weight is 395 g/mol. The van der Waals surface area contributed by atoms with Crippen molar-refractivity contribution in [3.63, 3.8) is 0 Å². The summed E-state index contributed by atoms with van der Waals surface area (Å²) in [5.74, 6) is -1.67. The summed E-state index contributed by atoms with van der Waals surface area (Å²) in [6.07, 6.45) is -3.10. The van der Waals surface area contributed by atoms with Gasteiger partial charge in [-0.1, -0.05) is 0 Å². The fraction of sp³-hybridized carbons (Fsp3) is 0.429. The quantitative estimate of drug-likeness (QED) is 0.584. The fourth-order valence-electron chi connectivity index (χ4n) is 1.81. The van der Waals surface area contributed by atoms with Crippen molar-refractivity contribution in [2.75, 3.05) is 13.1 Å². The molecule has 0 aliphatic heterocycles. The van der Waals surface area contributed by atoms with E-state index in [2.05, 4.69) is 15.4 Å². The Bertz CT molecular complexity index is 761. The predicted molar refractivity (Wildman–Crippen MR) is 82.5 cm³/mol. The first kappa shape index (κ1) is 20.0. The van der Waals surface area contributed by atoms with Crippen LogP contribution < -0.4 is 20.1 Å². The summed E-state index contributed by atoms with van der Waals surface area (Å²) in [4.78, 5) is 22.6. The lowest BCUT2D eigenvalue weighted by Gasteiger charge is -2.10. The molecule has 1 aliphatic carbocycles. The van der Waals surface area contributed by atoms with Crippen molar-refractivity contribution >= 4 is 21.8 Å². The number of rotatable bonds is 8. The number of sulfonamides is 1. The van der Waals surface area contributed by atoms with Crippen LogP contribution in [0.3, 0.4) is 0 Å². The Kier molecular flexibility index (Phi) is 6.08. The van der Waals surface area contributed by atoms with Gasteiger partial charge in [0.05, 0.1) is 18.0 Å². The van der Waals surface area contributed by atoms with Crippen LogP contribution in [0.15, 0.2) is 29.2 Å². The molecule has 0 atom stereocenters. The number of halogens is 3. The number of nitrogens with one attached hydrogen (secondary N) is 3. The van der Waals surface area contributed by atoms with Crippen LogP contribution in [0.4, 0.5) is 13.2 Å². The lowest BCUT2D eigenvalue weighted by atomic mass is 10.3. The molecule has 144 valence electrons. The van der Waals surface area contributed by atoms with Gasteiger partial charge in [-0.3, -0.25) is 9.59 Å². The third-order valence-electron chi connectivity index (χ3n) is 3.18. The number of ether oxygens (including phenoxy) is 1. The van der Waals surface area contributed by atoms with E-state index in [-0.39, 0.29) is 23.4 Å². The summed E-state index contributed by atoms with van der Waals surface area (Å²) in [5, 5.41) is 4.90. The largest absolute Gasteiger partial charge is 0.573 e. The van der Waals surface area contributed by atoms with Crippen molar-refractivity contribution in [1.82, 2.24) is 15.4 Å². The smallest absolute Gasteiger partial charge is 0.406 e. The summed E-state index contributed by atoms with van der Waals surface area (Å²) in [6, 6.07) is 3.63. The van der Waals surface area contributed by atoms with E-state index in [1.165, 1.54) is 0 Å². The first-order valence-electron chi connectivity index (χ1n) is 7.47. The van der Waals surface area contributed by atoms with Crippen LogP contribution in [-0.2, 0) is 19.6 Å². The molecule has 2 amide bonds. The first-order valence-corrected chi connectivity index (χ1v) is 8.95. The maximum absolute atomic E-state index is 12.1. The summed E-state index contributed by atoms with van der Waals surface area (Å²) in [5.41, 5.74) is 0. The van der Waals surface area contributed by atoms with E-state index < -0.39 is 34.6 Å². The van der Waals surface area contributed by atoms with Crippen molar-refractivity contribution in [3.05, 3.63) is 24.3 Å². The predicted octanol–water partition coefficient (Wildman–Crippen LogP) is 0.258. The van der Waals surface area contributed by atoms with E-state index >= 15 is 0 Å². The number of carbonyl (C=O) groups is 2. The minimum atomic E-state index is -4.89. The van der Waals surface area contributed by atoms with Crippen LogP contribution in [0.5, 0.6) is 5.75 Å². The van der Waals surface area contributed by atoms with Crippen molar-refractivity contribution in [1.29, 1.82) is 0 Å². The standard InChI is InChI=1S/C14H16F3N3O5S/c15-14(16,17)25-10-3-5-11(6-4-10)26(23,24)19-8-12(21)18-7-13(22)20-9-1-2-9/h3-6,9,19H,1-2,7-8H2,(H,18,21)(H,20,22). The van der Waals surface area contributed by atoms with E-state index in [1.807, 2.05) is 4.72 Å². The van der Waals surface area contributed by atoms with Gasteiger partial charge >= 0.3 is 6.36 Å². The second kappa shape index (κ2) is 7.91.